The molecule has 2 aromatic carbocycles. The summed E-state index contributed by atoms with van der Waals surface area (Å²) in [5, 5.41) is 10.7. The molecular weight excluding hydrogens is 368 g/mol. The Morgan fingerprint density at radius 3 is 2.37 bits per heavy atom. The van der Waals surface area contributed by atoms with Crippen LogP contribution in [-0.2, 0) is 11.2 Å². The zero-order chi connectivity index (χ0) is 19.8. The van der Waals surface area contributed by atoms with Crippen LogP contribution in [0.4, 0.5) is 5.69 Å². The molecule has 144 valence electrons. The average molecular weight is 390 g/mol. The molecule has 0 atom stereocenters. The summed E-state index contributed by atoms with van der Waals surface area (Å²) in [4.78, 5) is 25.0. The number of nitrogens with zero attached hydrogens (tertiary/aromatic N) is 2. The second kappa shape index (κ2) is 9.82. The average Bonchev–Trinajstić information content (AvgIpc) is 2.70. The summed E-state index contributed by atoms with van der Waals surface area (Å²) in [6.45, 7) is 0.579. The van der Waals surface area contributed by atoms with E-state index in [9.17, 15) is 14.9 Å². The number of methoxy groups -OCH3 is 2. The Labute approximate surface area is 162 Å². The predicted molar refractivity (Wildman–Crippen MR) is 105 cm³/mol. The van der Waals surface area contributed by atoms with Crippen molar-refractivity contribution >= 4 is 23.4 Å². The van der Waals surface area contributed by atoms with E-state index in [1.807, 2.05) is 18.2 Å². The Balaban J connectivity index is 1.84. The standard InChI is InChI=1S/C19H22N2O5S/c1-20(11-10-14-4-9-17(25-2)18(12-14)26-3)19(22)13-27-16-7-5-15(6-8-16)21(23)24/h4-9,12H,10-11,13H2,1-3H3. The summed E-state index contributed by atoms with van der Waals surface area (Å²) < 4.78 is 10.5. The van der Waals surface area contributed by atoms with Crippen molar-refractivity contribution in [2.75, 3.05) is 33.6 Å². The molecule has 8 heteroatoms. The smallest absolute Gasteiger partial charge is 0.269 e. The van der Waals surface area contributed by atoms with Crippen molar-refractivity contribution < 1.29 is 19.2 Å². The number of hydrogen-bond donors (Lipinski definition) is 0. The van der Waals surface area contributed by atoms with E-state index in [2.05, 4.69) is 0 Å². The molecule has 2 aromatic rings. The molecule has 0 heterocycles. The summed E-state index contributed by atoms with van der Waals surface area (Å²) in [5.74, 6) is 1.61. The second-order valence-corrected chi connectivity index (χ2v) is 6.84. The number of non-ortho nitro benzene ring substituents is 1. The maximum atomic E-state index is 12.3. The monoisotopic (exact) mass is 390 g/mol. The van der Waals surface area contributed by atoms with Gasteiger partial charge in [-0.25, -0.2) is 0 Å². The number of nitro groups is 1. The first-order chi connectivity index (χ1) is 12.9. The minimum absolute atomic E-state index is 0.00108. The molecule has 0 radical (unpaired) electrons. The molecule has 7 nitrogen and oxygen atoms in total. The summed E-state index contributed by atoms with van der Waals surface area (Å²) in [5.41, 5.74) is 1.09. The van der Waals surface area contributed by atoms with Crippen LogP contribution < -0.4 is 9.47 Å². The van der Waals surface area contributed by atoms with Gasteiger partial charge in [-0.1, -0.05) is 6.07 Å². The highest BCUT2D eigenvalue weighted by molar-refractivity contribution is 8.00. The Bertz CT molecular complexity index is 795. The number of amides is 1. The largest absolute Gasteiger partial charge is 0.493 e. The minimum Gasteiger partial charge on any atom is -0.493 e. The van der Waals surface area contributed by atoms with Gasteiger partial charge in [-0.15, -0.1) is 11.8 Å². The van der Waals surface area contributed by atoms with E-state index in [0.29, 0.717) is 24.5 Å². The van der Waals surface area contributed by atoms with Crippen molar-refractivity contribution in [2.24, 2.45) is 0 Å². The normalized spacial score (nSPS) is 10.3. The number of carbonyl (C=O) groups is 1. The maximum absolute atomic E-state index is 12.3. The fraction of sp³-hybridized carbons (Fsp3) is 0.316. The summed E-state index contributed by atoms with van der Waals surface area (Å²) >= 11 is 1.36. The highest BCUT2D eigenvalue weighted by Crippen LogP contribution is 2.27. The van der Waals surface area contributed by atoms with E-state index in [-0.39, 0.29) is 17.3 Å². The topological polar surface area (TPSA) is 81.9 Å². The maximum Gasteiger partial charge on any atom is 0.269 e. The van der Waals surface area contributed by atoms with Gasteiger partial charge in [-0.05, 0) is 36.2 Å². The van der Waals surface area contributed by atoms with Crippen LogP contribution in [0.15, 0.2) is 47.4 Å². The SMILES string of the molecule is COc1ccc(CCN(C)C(=O)CSc2ccc([N+](=O)[O-])cc2)cc1OC. The van der Waals surface area contributed by atoms with Crippen LogP contribution in [0, 0.1) is 10.1 Å². The molecule has 0 aliphatic rings. The van der Waals surface area contributed by atoms with Crippen molar-refractivity contribution in [1.82, 2.24) is 4.90 Å². The Kier molecular flexibility index (Phi) is 7.48. The fourth-order valence-electron chi connectivity index (χ4n) is 2.38. The number of carbonyl (C=O) groups excluding carboxylic acids is 1. The zero-order valence-electron chi connectivity index (χ0n) is 15.5. The van der Waals surface area contributed by atoms with Crippen molar-refractivity contribution in [3.63, 3.8) is 0 Å². The van der Waals surface area contributed by atoms with Crippen LogP contribution in [0.3, 0.4) is 0 Å². The van der Waals surface area contributed by atoms with Gasteiger partial charge in [0.05, 0.1) is 24.9 Å². The molecule has 1 amide bonds. The molecule has 0 aromatic heterocycles. The number of likely N-dealkylation sites (N-methyl/N-ethyl adjacent to an activating group) is 1. The molecule has 0 saturated carbocycles. The minimum atomic E-state index is -0.443. The van der Waals surface area contributed by atoms with Crippen LogP contribution in [0.1, 0.15) is 5.56 Å². The highest BCUT2D eigenvalue weighted by atomic mass is 32.2. The summed E-state index contributed by atoms with van der Waals surface area (Å²) in [6.07, 6.45) is 0.699. The van der Waals surface area contributed by atoms with Crippen LogP contribution in [0.25, 0.3) is 0 Å². The third-order valence-electron chi connectivity index (χ3n) is 4.02. The van der Waals surface area contributed by atoms with E-state index in [0.717, 1.165) is 10.5 Å². The van der Waals surface area contributed by atoms with Gasteiger partial charge in [0.1, 0.15) is 0 Å². The third kappa shape index (κ3) is 5.89. The van der Waals surface area contributed by atoms with Gasteiger partial charge < -0.3 is 14.4 Å². The van der Waals surface area contributed by atoms with Crippen LogP contribution in [0.5, 0.6) is 11.5 Å². The Morgan fingerprint density at radius 2 is 1.78 bits per heavy atom. The van der Waals surface area contributed by atoms with E-state index >= 15 is 0 Å². The first kappa shape index (κ1) is 20.6. The van der Waals surface area contributed by atoms with E-state index < -0.39 is 4.92 Å². The van der Waals surface area contributed by atoms with Gasteiger partial charge in [0.2, 0.25) is 5.91 Å². The van der Waals surface area contributed by atoms with Gasteiger partial charge in [0.25, 0.3) is 5.69 Å². The van der Waals surface area contributed by atoms with Crippen molar-refractivity contribution in [1.29, 1.82) is 0 Å². The van der Waals surface area contributed by atoms with Crippen molar-refractivity contribution in [3.05, 3.63) is 58.1 Å². The highest BCUT2D eigenvalue weighted by Gasteiger charge is 2.11. The molecule has 0 unspecified atom stereocenters. The van der Waals surface area contributed by atoms with E-state index in [1.165, 1.54) is 23.9 Å². The van der Waals surface area contributed by atoms with Gasteiger partial charge in [-0.3, -0.25) is 14.9 Å². The summed E-state index contributed by atoms with van der Waals surface area (Å²) in [7, 11) is 4.94. The Morgan fingerprint density at radius 1 is 1.11 bits per heavy atom. The number of ether oxygens (including phenoxy) is 2. The van der Waals surface area contributed by atoms with E-state index in [4.69, 9.17) is 9.47 Å². The first-order valence-corrected chi connectivity index (χ1v) is 9.25. The molecule has 0 bridgehead atoms. The lowest BCUT2D eigenvalue weighted by atomic mass is 10.1. The Hall–Kier alpha value is -2.74. The van der Waals surface area contributed by atoms with Gasteiger partial charge in [0.15, 0.2) is 11.5 Å². The number of hydrogen-bond acceptors (Lipinski definition) is 6. The quantitative estimate of drug-likeness (QED) is 0.371. The molecular formula is C19H22N2O5S. The molecule has 0 aliphatic heterocycles. The number of nitro benzene ring substituents is 1. The van der Waals surface area contributed by atoms with Gasteiger partial charge >= 0.3 is 0 Å². The molecule has 0 N–H and O–H groups in total. The lowest BCUT2D eigenvalue weighted by Gasteiger charge is -2.17. The lowest BCUT2D eigenvalue weighted by molar-refractivity contribution is -0.384. The predicted octanol–water partition coefficient (Wildman–Crippen LogP) is 3.41. The molecule has 2 rings (SSSR count). The van der Waals surface area contributed by atoms with Gasteiger partial charge in [-0.2, -0.15) is 0 Å². The van der Waals surface area contributed by atoms with Crippen LogP contribution in [-0.4, -0.2) is 49.3 Å². The first-order valence-electron chi connectivity index (χ1n) is 8.26. The molecule has 0 fully saturated rings. The molecule has 0 aliphatic carbocycles. The van der Waals surface area contributed by atoms with Crippen molar-refractivity contribution in [2.45, 2.75) is 11.3 Å². The van der Waals surface area contributed by atoms with Gasteiger partial charge in [0, 0.05) is 30.6 Å². The summed E-state index contributed by atoms with van der Waals surface area (Å²) in [6, 6.07) is 11.9. The lowest BCUT2D eigenvalue weighted by Crippen LogP contribution is -2.30. The molecule has 27 heavy (non-hydrogen) atoms. The fourth-order valence-corrected chi connectivity index (χ4v) is 3.22. The number of thioether (sulfide) groups is 1. The van der Waals surface area contributed by atoms with E-state index in [1.54, 1.807) is 38.3 Å². The second-order valence-electron chi connectivity index (χ2n) is 5.79. The van der Waals surface area contributed by atoms with Crippen LogP contribution >= 0.6 is 11.8 Å². The van der Waals surface area contributed by atoms with Crippen molar-refractivity contribution in [3.8, 4) is 11.5 Å². The van der Waals surface area contributed by atoms with Crippen LogP contribution in [0.2, 0.25) is 0 Å². The zero-order valence-corrected chi connectivity index (χ0v) is 16.3. The third-order valence-corrected chi connectivity index (χ3v) is 5.02. The number of rotatable bonds is 9. The number of benzene rings is 2. The molecule has 0 saturated heterocycles. The molecule has 0 spiro atoms.